The van der Waals surface area contributed by atoms with Gasteiger partial charge in [0.15, 0.2) is 0 Å². The minimum Gasteiger partial charge on any atom is -0.444 e. The first-order chi connectivity index (χ1) is 11.3. The van der Waals surface area contributed by atoms with E-state index in [1.165, 1.54) is 0 Å². The van der Waals surface area contributed by atoms with Gasteiger partial charge in [0.1, 0.15) is 18.0 Å². The number of nitrogens with zero attached hydrogens (tertiary/aromatic N) is 2. The van der Waals surface area contributed by atoms with Crippen LogP contribution in [0, 0.1) is 0 Å². The number of aromatic nitrogens is 2. The molecule has 0 bridgehead atoms. The number of amides is 1. The number of nitrogen functional groups attached to an aromatic ring is 1. The number of carbonyl (C=O) groups is 1. The van der Waals surface area contributed by atoms with Crippen molar-refractivity contribution in [1.29, 1.82) is 0 Å². The highest BCUT2D eigenvalue weighted by atomic mass is 16.6. The van der Waals surface area contributed by atoms with Gasteiger partial charge in [-0.05, 0) is 45.0 Å². The summed E-state index contributed by atoms with van der Waals surface area (Å²) in [6.45, 7) is 6.09. The highest BCUT2D eigenvalue weighted by Crippen LogP contribution is 2.16. The minimum absolute atomic E-state index is 0.271. The molecule has 7 nitrogen and oxygen atoms in total. The van der Waals surface area contributed by atoms with E-state index in [2.05, 4.69) is 10.3 Å². The van der Waals surface area contributed by atoms with E-state index in [0.29, 0.717) is 18.0 Å². The minimum atomic E-state index is -0.533. The van der Waals surface area contributed by atoms with E-state index >= 15 is 0 Å². The van der Waals surface area contributed by atoms with Gasteiger partial charge in [0.05, 0.1) is 12.2 Å². The van der Waals surface area contributed by atoms with Gasteiger partial charge in [0, 0.05) is 24.7 Å². The first-order valence-corrected chi connectivity index (χ1v) is 7.67. The molecule has 0 aliphatic heterocycles. The van der Waals surface area contributed by atoms with Crippen molar-refractivity contribution in [1.82, 2.24) is 14.9 Å². The van der Waals surface area contributed by atoms with Crippen LogP contribution in [0.1, 0.15) is 32.3 Å². The molecule has 1 heterocycles. The summed E-state index contributed by atoms with van der Waals surface area (Å²) < 4.78 is 12.3. The molecular formula is C17H24N4O3. The number of nitrogens with two attached hydrogens (primary N) is 1. The number of carbonyl (C=O) groups excluding carboxylic acids is 1. The zero-order chi connectivity index (χ0) is 17.7. The number of anilines is 1. The number of rotatable bonds is 5. The molecule has 0 spiro atoms. The SMILES string of the molecule is COCc1nc(CNC(=O)OC(C)(C)C)cn1-c1ccc(N)cc1. The average molecular weight is 332 g/mol. The van der Waals surface area contributed by atoms with E-state index in [9.17, 15) is 4.79 Å². The third-order valence-electron chi connectivity index (χ3n) is 3.09. The first kappa shape index (κ1) is 17.8. The molecule has 0 fully saturated rings. The Labute approximate surface area is 141 Å². The van der Waals surface area contributed by atoms with Gasteiger partial charge in [0.25, 0.3) is 0 Å². The quantitative estimate of drug-likeness (QED) is 0.821. The maximum atomic E-state index is 11.8. The van der Waals surface area contributed by atoms with Gasteiger partial charge in [0.2, 0.25) is 0 Å². The van der Waals surface area contributed by atoms with Crippen LogP contribution in [0.4, 0.5) is 10.5 Å². The van der Waals surface area contributed by atoms with Crippen LogP contribution in [0.2, 0.25) is 0 Å². The standard InChI is InChI=1S/C17H24N4O3/c1-17(2,3)24-16(22)19-9-13-10-21(15(20-13)11-23-4)14-7-5-12(18)6-8-14/h5-8,10H,9,11,18H2,1-4H3,(H,19,22). The number of hydrogen-bond acceptors (Lipinski definition) is 5. The maximum absolute atomic E-state index is 11.8. The fraction of sp³-hybridized carbons (Fsp3) is 0.412. The highest BCUT2D eigenvalue weighted by molar-refractivity contribution is 5.67. The predicted molar refractivity (Wildman–Crippen MR) is 91.8 cm³/mol. The highest BCUT2D eigenvalue weighted by Gasteiger charge is 2.16. The van der Waals surface area contributed by atoms with Gasteiger partial charge in [-0.2, -0.15) is 0 Å². The summed E-state index contributed by atoms with van der Waals surface area (Å²) in [7, 11) is 1.61. The smallest absolute Gasteiger partial charge is 0.407 e. The van der Waals surface area contributed by atoms with E-state index in [1.807, 2.05) is 55.8 Å². The Morgan fingerprint density at radius 2 is 1.96 bits per heavy atom. The van der Waals surface area contributed by atoms with Crippen LogP contribution in [0.25, 0.3) is 5.69 Å². The second-order valence-electron chi connectivity index (χ2n) is 6.40. The van der Waals surface area contributed by atoms with E-state index in [4.69, 9.17) is 15.2 Å². The van der Waals surface area contributed by atoms with Crippen LogP contribution in [0.5, 0.6) is 0 Å². The number of methoxy groups -OCH3 is 1. The largest absolute Gasteiger partial charge is 0.444 e. The van der Waals surface area contributed by atoms with Crippen molar-refractivity contribution in [2.45, 2.75) is 39.5 Å². The van der Waals surface area contributed by atoms with Crippen LogP contribution in [0.3, 0.4) is 0 Å². The van der Waals surface area contributed by atoms with E-state index in [-0.39, 0.29) is 6.54 Å². The number of alkyl carbamates (subject to hydrolysis) is 1. The van der Waals surface area contributed by atoms with E-state index in [1.54, 1.807) is 7.11 Å². The average Bonchev–Trinajstić information content (AvgIpc) is 2.88. The van der Waals surface area contributed by atoms with E-state index in [0.717, 1.165) is 11.5 Å². The first-order valence-electron chi connectivity index (χ1n) is 7.67. The molecule has 2 rings (SSSR count). The number of nitrogens with one attached hydrogen (secondary N) is 1. The molecule has 1 amide bonds. The molecule has 0 aliphatic carbocycles. The molecule has 0 saturated heterocycles. The molecule has 0 aliphatic rings. The van der Waals surface area contributed by atoms with Gasteiger partial charge >= 0.3 is 6.09 Å². The van der Waals surface area contributed by atoms with Crippen LogP contribution in [-0.2, 0) is 22.6 Å². The molecule has 1 aromatic heterocycles. The van der Waals surface area contributed by atoms with Crippen LogP contribution >= 0.6 is 0 Å². The normalized spacial score (nSPS) is 11.3. The second kappa shape index (κ2) is 7.35. The number of ether oxygens (including phenoxy) is 2. The Bertz CT molecular complexity index is 687. The fourth-order valence-electron chi connectivity index (χ4n) is 2.12. The van der Waals surface area contributed by atoms with Crippen molar-refractivity contribution in [3.63, 3.8) is 0 Å². The zero-order valence-corrected chi connectivity index (χ0v) is 14.5. The molecule has 24 heavy (non-hydrogen) atoms. The van der Waals surface area contributed by atoms with Gasteiger partial charge in [-0.3, -0.25) is 0 Å². The van der Waals surface area contributed by atoms with Crippen molar-refractivity contribution in [2.75, 3.05) is 12.8 Å². The molecule has 0 saturated carbocycles. The van der Waals surface area contributed by atoms with Crippen molar-refractivity contribution < 1.29 is 14.3 Å². The van der Waals surface area contributed by atoms with Gasteiger partial charge in [-0.25, -0.2) is 9.78 Å². The lowest BCUT2D eigenvalue weighted by molar-refractivity contribution is 0.0523. The molecule has 0 unspecified atom stereocenters. The van der Waals surface area contributed by atoms with Crippen LogP contribution in [-0.4, -0.2) is 28.4 Å². The molecule has 0 atom stereocenters. The third kappa shape index (κ3) is 4.99. The van der Waals surface area contributed by atoms with Gasteiger partial charge in [-0.15, -0.1) is 0 Å². The Hall–Kier alpha value is -2.54. The summed E-state index contributed by atoms with van der Waals surface area (Å²) in [5.41, 5.74) is 7.52. The van der Waals surface area contributed by atoms with Crippen molar-refractivity contribution in [3.8, 4) is 5.69 Å². The summed E-state index contributed by atoms with van der Waals surface area (Å²) >= 11 is 0. The summed E-state index contributed by atoms with van der Waals surface area (Å²) in [6, 6.07) is 7.46. The summed E-state index contributed by atoms with van der Waals surface area (Å²) in [6.07, 6.45) is 1.38. The second-order valence-corrected chi connectivity index (χ2v) is 6.40. The van der Waals surface area contributed by atoms with Crippen molar-refractivity contribution in [2.24, 2.45) is 0 Å². The molecule has 7 heteroatoms. The number of hydrogen-bond donors (Lipinski definition) is 2. The van der Waals surface area contributed by atoms with Crippen LogP contribution in [0.15, 0.2) is 30.5 Å². The molecule has 130 valence electrons. The van der Waals surface area contributed by atoms with Gasteiger partial charge in [-0.1, -0.05) is 0 Å². The third-order valence-corrected chi connectivity index (χ3v) is 3.09. The lowest BCUT2D eigenvalue weighted by atomic mass is 10.2. The Morgan fingerprint density at radius 3 is 2.54 bits per heavy atom. The topological polar surface area (TPSA) is 91.4 Å². The van der Waals surface area contributed by atoms with E-state index < -0.39 is 11.7 Å². The monoisotopic (exact) mass is 332 g/mol. The predicted octanol–water partition coefficient (Wildman–Crippen LogP) is 2.63. The molecular weight excluding hydrogens is 308 g/mol. The van der Waals surface area contributed by atoms with Gasteiger partial charge < -0.3 is 25.1 Å². The van der Waals surface area contributed by atoms with Crippen molar-refractivity contribution >= 4 is 11.8 Å². The number of imidazole rings is 1. The Kier molecular flexibility index (Phi) is 5.46. The summed E-state index contributed by atoms with van der Waals surface area (Å²) in [5, 5.41) is 2.70. The van der Waals surface area contributed by atoms with Crippen molar-refractivity contribution in [3.05, 3.63) is 42.0 Å². The molecule has 2 aromatic rings. The Morgan fingerprint density at radius 1 is 1.29 bits per heavy atom. The lowest BCUT2D eigenvalue weighted by Crippen LogP contribution is -2.32. The molecule has 3 N–H and O–H groups in total. The Balaban J connectivity index is 2.13. The zero-order valence-electron chi connectivity index (χ0n) is 14.5. The molecule has 0 radical (unpaired) electrons. The molecule has 1 aromatic carbocycles. The van der Waals surface area contributed by atoms with Crippen LogP contribution < -0.4 is 11.1 Å². The maximum Gasteiger partial charge on any atom is 0.407 e. The summed E-state index contributed by atoms with van der Waals surface area (Å²) in [5.74, 6) is 0.739. The summed E-state index contributed by atoms with van der Waals surface area (Å²) in [4.78, 5) is 16.3. The lowest BCUT2D eigenvalue weighted by Gasteiger charge is -2.19. The fourth-order valence-corrected chi connectivity index (χ4v) is 2.12. The number of benzene rings is 1.